The standard InChI is InChI=1S/C25H27N3O4/c1-4-28-16-19(32-22-9-6-5-8-21(22)28)15-27(3)25(30)18-12-11-17(2)20(14-18)26-24(29)23-10-7-13-31-23/h5-14,19H,4,15-16H2,1-3H3,(H,26,29)/t19-/m1/s1. The summed E-state index contributed by atoms with van der Waals surface area (Å²) >= 11 is 0. The van der Waals surface area contributed by atoms with Gasteiger partial charge in [-0.2, -0.15) is 0 Å². The van der Waals surface area contributed by atoms with E-state index in [0.29, 0.717) is 24.3 Å². The van der Waals surface area contributed by atoms with Crippen LogP contribution in [-0.4, -0.2) is 49.5 Å². The second-order valence-corrected chi connectivity index (χ2v) is 7.89. The number of hydrogen-bond donors (Lipinski definition) is 1. The van der Waals surface area contributed by atoms with Crippen LogP contribution in [0.2, 0.25) is 0 Å². The molecule has 2 amide bonds. The van der Waals surface area contributed by atoms with Gasteiger partial charge in [-0.1, -0.05) is 18.2 Å². The van der Waals surface area contributed by atoms with Gasteiger partial charge < -0.3 is 24.3 Å². The van der Waals surface area contributed by atoms with E-state index in [2.05, 4.69) is 23.2 Å². The second kappa shape index (κ2) is 9.18. The summed E-state index contributed by atoms with van der Waals surface area (Å²) in [6.45, 7) is 6.02. The molecule has 0 spiro atoms. The quantitative estimate of drug-likeness (QED) is 0.631. The Morgan fingerprint density at radius 2 is 1.97 bits per heavy atom. The van der Waals surface area contributed by atoms with Gasteiger partial charge in [0.15, 0.2) is 5.76 Å². The monoisotopic (exact) mass is 433 g/mol. The average molecular weight is 434 g/mol. The number of rotatable bonds is 6. The van der Waals surface area contributed by atoms with Gasteiger partial charge in [0.25, 0.3) is 11.8 Å². The van der Waals surface area contributed by atoms with Gasteiger partial charge in [-0.15, -0.1) is 0 Å². The number of para-hydroxylation sites is 2. The molecule has 3 aromatic rings. The fraction of sp³-hybridized carbons (Fsp3) is 0.280. The van der Waals surface area contributed by atoms with Gasteiger partial charge in [0.05, 0.1) is 25.0 Å². The van der Waals surface area contributed by atoms with E-state index >= 15 is 0 Å². The number of carbonyl (C=O) groups excluding carboxylic acids is 2. The van der Waals surface area contributed by atoms with Gasteiger partial charge in [-0.3, -0.25) is 9.59 Å². The number of amides is 2. The summed E-state index contributed by atoms with van der Waals surface area (Å²) in [5, 5.41) is 2.82. The molecule has 166 valence electrons. The molecule has 1 aliphatic heterocycles. The van der Waals surface area contributed by atoms with E-state index in [1.807, 2.05) is 31.2 Å². The third kappa shape index (κ3) is 4.46. The van der Waals surface area contributed by atoms with E-state index in [-0.39, 0.29) is 23.7 Å². The van der Waals surface area contributed by atoms with Crippen molar-refractivity contribution >= 4 is 23.2 Å². The van der Waals surface area contributed by atoms with Crippen molar-refractivity contribution in [2.45, 2.75) is 20.0 Å². The van der Waals surface area contributed by atoms with Crippen LogP contribution in [0.4, 0.5) is 11.4 Å². The fourth-order valence-corrected chi connectivity index (χ4v) is 3.86. The minimum atomic E-state index is -0.356. The summed E-state index contributed by atoms with van der Waals surface area (Å²) in [6, 6.07) is 16.5. The lowest BCUT2D eigenvalue weighted by atomic mass is 10.1. The molecule has 4 rings (SSSR count). The third-order valence-corrected chi connectivity index (χ3v) is 5.61. The number of fused-ring (bicyclic) bond motifs is 1. The van der Waals surface area contributed by atoms with E-state index in [9.17, 15) is 9.59 Å². The Morgan fingerprint density at radius 1 is 1.16 bits per heavy atom. The molecule has 7 nitrogen and oxygen atoms in total. The molecule has 0 saturated carbocycles. The van der Waals surface area contributed by atoms with Crippen LogP contribution in [0, 0.1) is 6.92 Å². The van der Waals surface area contributed by atoms with Crippen molar-refractivity contribution in [2.24, 2.45) is 0 Å². The van der Waals surface area contributed by atoms with Crippen molar-refractivity contribution in [2.75, 3.05) is 36.9 Å². The highest BCUT2D eigenvalue weighted by atomic mass is 16.5. The molecule has 0 aliphatic carbocycles. The number of anilines is 2. The Bertz CT molecular complexity index is 1110. The van der Waals surface area contributed by atoms with Crippen molar-refractivity contribution in [1.29, 1.82) is 0 Å². The van der Waals surface area contributed by atoms with Crippen molar-refractivity contribution in [3.8, 4) is 5.75 Å². The molecule has 1 N–H and O–H groups in total. The first kappa shape index (κ1) is 21.5. The van der Waals surface area contributed by atoms with Crippen LogP contribution in [-0.2, 0) is 0 Å². The lowest BCUT2D eigenvalue weighted by Crippen LogP contribution is -2.46. The van der Waals surface area contributed by atoms with Crippen LogP contribution in [0.1, 0.15) is 33.4 Å². The minimum absolute atomic E-state index is 0.135. The maximum atomic E-state index is 13.1. The van der Waals surface area contributed by atoms with Crippen molar-refractivity contribution in [3.05, 3.63) is 77.7 Å². The average Bonchev–Trinajstić information content (AvgIpc) is 3.34. The van der Waals surface area contributed by atoms with E-state index in [0.717, 1.165) is 23.5 Å². The topological polar surface area (TPSA) is 75.0 Å². The molecule has 1 aliphatic rings. The third-order valence-electron chi connectivity index (χ3n) is 5.61. The molecule has 0 unspecified atom stereocenters. The molecule has 0 bridgehead atoms. The Labute approximate surface area is 187 Å². The predicted molar refractivity (Wildman–Crippen MR) is 124 cm³/mol. The number of furan rings is 1. The minimum Gasteiger partial charge on any atom is -0.485 e. The van der Waals surface area contributed by atoms with Gasteiger partial charge in [0, 0.05) is 24.8 Å². The predicted octanol–water partition coefficient (Wildman–Crippen LogP) is 4.20. The smallest absolute Gasteiger partial charge is 0.291 e. The largest absolute Gasteiger partial charge is 0.485 e. The first-order valence-corrected chi connectivity index (χ1v) is 10.7. The van der Waals surface area contributed by atoms with Crippen LogP contribution in [0.5, 0.6) is 5.75 Å². The molecule has 1 aromatic heterocycles. The number of benzene rings is 2. The van der Waals surface area contributed by atoms with Crippen molar-refractivity contribution in [1.82, 2.24) is 4.90 Å². The van der Waals surface area contributed by atoms with E-state index < -0.39 is 0 Å². The van der Waals surface area contributed by atoms with Gasteiger partial charge in [0.2, 0.25) is 0 Å². The van der Waals surface area contributed by atoms with Crippen molar-refractivity contribution in [3.63, 3.8) is 0 Å². The van der Waals surface area contributed by atoms with Crippen molar-refractivity contribution < 1.29 is 18.7 Å². The molecule has 0 radical (unpaired) electrons. The number of hydrogen-bond acceptors (Lipinski definition) is 5. The zero-order chi connectivity index (χ0) is 22.7. The van der Waals surface area contributed by atoms with Crippen LogP contribution in [0.15, 0.2) is 65.3 Å². The number of nitrogens with zero attached hydrogens (tertiary/aromatic N) is 2. The summed E-state index contributed by atoms with van der Waals surface area (Å²) in [5.41, 5.74) is 3.01. The Balaban J connectivity index is 1.45. The zero-order valence-electron chi connectivity index (χ0n) is 18.5. The summed E-state index contributed by atoms with van der Waals surface area (Å²) in [7, 11) is 1.77. The molecular formula is C25H27N3O4. The molecular weight excluding hydrogens is 406 g/mol. The molecule has 0 saturated heterocycles. The Kier molecular flexibility index (Phi) is 6.16. The molecule has 0 fully saturated rings. The zero-order valence-corrected chi connectivity index (χ0v) is 18.5. The normalized spacial score (nSPS) is 15.0. The highest BCUT2D eigenvalue weighted by molar-refractivity contribution is 6.03. The van der Waals surface area contributed by atoms with Gasteiger partial charge in [0.1, 0.15) is 11.9 Å². The number of likely N-dealkylation sites (N-methyl/N-ethyl adjacent to an activating group) is 2. The lowest BCUT2D eigenvalue weighted by molar-refractivity contribution is 0.0709. The summed E-state index contributed by atoms with van der Waals surface area (Å²) < 4.78 is 11.3. The highest BCUT2D eigenvalue weighted by Crippen LogP contribution is 2.33. The first-order chi connectivity index (χ1) is 15.5. The van der Waals surface area contributed by atoms with E-state index in [1.54, 1.807) is 36.2 Å². The van der Waals surface area contributed by atoms with Crippen LogP contribution in [0.25, 0.3) is 0 Å². The Morgan fingerprint density at radius 3 is 2.72 bits per heavy atom. The van der Waals surface area contributed by atoms with Crippen LogP contribution in [0.3, 0.4) is 0 Å². The Hall–Kier alpha value is -3.74. The second-order valence-electron chi connectivity index (χ2n) is 7.89. The maximum absolute atomic E-state index is 13.1. The van der Waals surface area contributed by atoms with Crippen LogP contribution < -0.4 is 15.0 Å². The summed E-state index contributed by atoms with van der Waals surface area (Å²) in [6.07, 6.45) is 1.31. The fourth-order valence-electron chi connectivity index (χ4n) is 3.86. The number of carbonyl (C=O) groups is 2. The number of ether oxygens (including phenoxy) is 1. The van der Waals surface area contributed by atoms with E-state index in [1.165, 1.54) is 6.26 Å². The van der Waals surface area contributed by atoms with Crippen LogP contribution >= 0.6 is 0 Å². The lowest BCUT2D eigenvalue weighted by Gasteiger charge is -2.37. The SMILES string of the molecule is CCN1C[C@@H](CN(C)C(=O)c2ccc(C)c(NC(=O)c3ccco3)c2)Oc2ccccc21. The van der Waals surface area contributed by atoms with Gasteiger partial charge >= 0.3 is 0 Å². The maximum Gasteiger partial charge on any atom is 0.291 e. The van der Waals surface area contributed by atoms with E-state index in [4.69, 9.17) is 9.15 Å². The summed E-state index contributed by atoms with van der Waals surface area (Å²) in [4.78, 5) is 29.4. The number of aryl methyl sites for hydroxylation is 1. The molecule has 32 heavy (non-hydrogen) atoms. The van der Waals surface area contributed by atoms with Gasteiger partial charge in [-0.25, -0.2) is 0 Å². The molecule has 1 atom stereocenters. The molecule has 2 aromatic carbocycles. The first-order valence-electron chi connectivity index (χ1n) is 10.7. The molecule has 7 heteroatoms. The summed E-state index contributed by atoms with van der Waals surface area (Å²) in [5.74, 6) is 0.562. The number of nitrogens with one attached hydrogen (secondary N) is 1. The van der Waals surface area contributed by atoms with Gasteiger partial charge in [-0.05, 0) is 55.8 Å². The molecule has 2 heterocycles. The highest BCUT2D eigenvalue weighted by Gasteiger charge is 2.27.